The van der Waals surface area contributed by atoms with E-state index in [1.165, 1.54) is 0 Å². The van der Waals surface area contributed by atoms with E-state index in [0.717, 1.165) is 0 Å². The summed E-state index contributed by atoms with van der Waals surface area (Å²) in [4.78, 5) is 21.1. The molecule has 0 fully saturated rings. The number of rotatable bonds is 6. The van der Waals surface area contributed by atoms with Crippen LogP contribution in [-0.4, -0.2) is 56.9 Å². The fraction of sp³-hybridized carbons (Fsp3) is 0.667. The predicted octanol–water partition coefficient (Wildman–Crippen LogP) is -3.10. The summed E-state index contributed by atoms with van der Waals surface area (Å²) in [5, 5.41) is 40.3. The number of carbonyl (C=O) groups is 2. The van der Waals surface area contributed by atoms with Crippen LogP contribution >= 0.6 is 0 Å². The van der Waals surface area contributed by atoms with Crippen LogP contribution in [0.5, 0.6) is 0 Å². The minimum Gasteiger partial charge on any atom is -0.478 e. The van der Waals surface area contributed by atoms with Crippen LogP contribution in [0.25, 0.3) is 0 Å². The van der Waals surface area contributed by atoms with Gasteiger partial charge in [-0.25, -0.2) is 9.59 Å². The van der Waals surface area contributed by atoms with Gasteiger partial charge < -0.3 is 20.4 Å². The first-order chi connectivity index (χ1) is 7.22. The van der Waals surface area contributed by atoms with Gasteiger partial charge in [-0.05, 0) is 0 Å². The SMILES string of the molecule is NC(CO)(/N=N/C(N)(CO)C(=O)O)C(=O)O. The third kappa shape index (κ3) is 2.93. The number of nitrogens with two attached hydrogens (primary N) is 2. The van der Waals surface area contributed by atoms with Gasteiger partial charge in [-0.1, -0.05) is 0 Å². The van der Waals surface area contributed by atoms with Gasteiger partial charge in [0, 0.05) is 0 Å². The molecule has 0 radical (unpaired) electrons. The van der Waals surface area contributed by atoms with E-state index in [9.17, 15) is 9.59 Å². The summed E-state index contributed by atoms with van der Waals surface area (Å²) < 4.78 is 0. The van der Waals surface area contributed by atoms with E-state index in [1.54, 1.807) is 0 Å². The molecule has 0 spiro atoms. The highest BCUT2D eigenvalue weighted by molar-refractivity contribution is 5.79. The number of carboxylic acid groups (broad SMARTS) is 2. The van der Waals surface area contributed by atoms with Crippen LogP contribution in [0.15, 0.2) is 10.2 Å². The molecule has 0 saturated heterocycles. The standard InChI is InChI=1S/C6H12N4O6/c7-5(1-11,3(13)14)9-10-6(8,2-12)4(15)16/h11-12H,1-2,7-8H2,(H,13,14)(H,15,16)/b10-9+. The molecule has 16 heavy (non-hydrogen) atoms. The molecule has 0 bridgehead atoms. The van der Waals surface area contributed by atoms with E-state index in [4.69, 9.17) is 31.9 Å². The fourth-order valence-electron chi connectivity index (χ4n) is 0.462. The first-order valence-corrected chi connectivity index (χ1v) is 3.92. The topological polar surface area (TPSA) is 192 Å². The molecule has 0 heterocycles. The second-order valence-corrected chi connectivity index (χ2v) is 2.98. The van der Waals surface area contributed by atoms with Gasteiger partial charge in [0.15, 0.2) is 0 Å². The van der Waals surface area contributed by atoms with E-state index >= 15 is 0 Å². The van der Waals surface area contributed by atoms with Crippen molar-refractivity contribution in [3.8, 4) is 0 Å². The summed E-state index contributed by atoms with van der Waals surface area (Å²) in [5.74, 6) is -3.44. The quantitative estimate of drug-likeness (QED) is 0.261. The highest BCUT2D eigenvalue weighted by Crippen LogP contribution is 2.09. The second-order valence-electron chi connectivity index (χ2n) is 2.98. The van der Waals surface area contributed by atoms with Gasteiger partial charge in [-0.3, -0.25) is 11.5 Å². The van der Waals surface area contributed by atoms with Gasteiger partial charge in [-0.2, -0.15) is 10.2 Å². The molecule has 8 N–H and O–H groups in total. The summed E-state index contributed by atoms with van der Waals surface area (Å²) in [6, 6.07) is 0. The minimum absolute atomic E-state index is 1.10. The Morgan fingerprint density at radius 3 is 1.31 bits per heavy atom. The summed E-state index contributed by atoms with van der Waals surface area (Å²) in [5.41, 5.74) is 5.14. The van der Waals surface area contributed by atoms with Crippen molar-refractivity contribution < 1.29 is 30.0 Å². The van der Waals surface area contributed by atoms with Crippen LogP contribution in [0.1, 0.15) is 0 Å². The van der Waals surface area contributed by atoms with Crippen LogP contribution < -0.4 is 11.5 Å². The minimum atomic E-state index is -2.49. The normalized spacial score (nSPS) is 19.0. The van der Waals surface area contributed by atoms with Gasteiger partial charge in [-0.15, -0.1) is 0 Å². The summed E-state index contributed by atoms with van der Waals surface area (Å²) >= 11 is 0. The molecule has 0 rings (SSSR count). The molecular formula is C6H12N4O6. The summed E-state index contributed by atoms with van der Waals surface area (Å²) in [6.07, 6.45) is 0. The Balaban J connectivity index is 5.07. The molecule has 0 aliphatic carbocycles. The lowest BCUT2D eigenvalue weighted by atomic mass is 10.2. The molecule has 0 aliphatic rings. The molecule has 92 valence electrons. The van der Waals surface area contributed by atoms with E-state index < -0.39 is 36.5 Å². The van der Waals surface area contributed by atoms with Gasteiger partial charge in [0.1, 0.15) is 0 Å². The van der Waals surface area contributed by atoms with E-state index in [1.807, 2.05) is 0 Å². The fourth-order valence-corrected chi connectivity index (χ4v) is 0.462. The lowest BCUT2D eigenvalue weighted by Crippen LogP contribution is -2.53. The number of aliphatic hydroxyl groups excluding tert-OH is 2. The van der Waals surface area contributed by atoms with Crippen molar-refractivity contribution in [2.24, 2.45) is 21.7 Å². The first-order valence-electron chi connectivity index (χ1n) is 3.92. The Labute approximate surface area is 89.2 Å². The van der Waals surface area contributed by atoms with Gasteiger partial charge >= 0.3 is 11.9 Å². The number of azo groups is 1. The number of nitrogens with zero attached hydrogens (tertiary/aromatic N) is 2. The van der Waals surface area contributed by atoms with Crippen LogP contribution in [0.3, 0.4) is 0 Å². The van der Waals surface area contributed by atoms with Crippen LogP contribution in [0.2, 0.25) is 0 Å². The number of carboxylic acids is 2. The molecular weight excluding hydrogens is 224 g/mol. The average Bonchev–Trinajstić information content (AvgIpc) is 2.24. The zero-order valence-electron chi connectivity index (χ0n) is 8.07. The van der Waals surface area contributed by atoms with Gasteiger partial charge in [0.25, 0.3) is 0 Å². The zero-order chi connectivity index (χ0) is 13.0. The average molecular weight is 236 g/mol. The Morgan fingerprint density at radius 2 is 1.19 bits per heavy atom. The monoisotopic (exact) mass is 236 g/mol. The lowest BCUT2D eigenvalue weighted by molar-refractivity contribution is -0.147. The third-order valence-electron chi connectivity index (χ3n) is 1.63. The molecule has 10 nitrogen and oxygen atoms in total. The Morgan fingerprint density at radius 1 is 0.938 bits per heavy atom. The van der Waals surface area contributed by atoms with Crippen LogP contribution in [-0.2, 0) is 9.59 Å². The van der Waals surface area contributed by atoms with Gasteiger partial charge in [0.2, 0.25) is 11.3 Å². The molecule has 0 aromatic carbocycles. The van der Waals surface area contributed by atoms with Crippen LogP contribution in [0.4, 0.5) is 0 Å². The van der Waals surface area contributed by atoms with Crippen molar-refractivity contribution in [2.45, 2.75) is 11.3 Å². The Bertz CT molecular complexity index is 290. The molecule has 0 aromatic heterocycles. The first kappa shape index (κ1) is 14.4. The maximum atomic E-state index is 10.5. The molecule has 0 saturated carbocycles. The summed E-state index contributed by atoms with van der Waals surface area (Å²) in [7, 11) is 0. The highest BCUT2D eigenvalue weighted by Gasteiger charge is 2.38. The second kappa shape index (κ2) is 4.94. The molecule has 2 atom stereocenters. The molecule has 10 heteroatoms. The maximum Gasteiger partial charge on any atom is 0.350 e. The maximum absolute atomic E-state index is 10.5. The van der Waals surface area contributed by atoms with E-state index in [-0.39, 0.29) is 0 Å². The predicted molar refractivity (Wildman–Crippen MR) is 48.1 cm³/mol. The number of hydrogen-bond acceptors (Lipinski definition) is 8. The highest BCUT2D eigenvalue weighted by atomic mass is 16.4. The molecule has 0 aliphatic heterocycles. The van der Waals surface area contributed by atoms with Crippen molar-refractivity contribution >= 4 is 11.9 Å². The van der Waals surface area contributed by atoms with Crippen molar-refractivity contribution in [2.75, 3.05) is 13.2 Å². The van der Waals surface area contributed by atoms with Crippen molar-refractivity contribution in [1.29, 1.82) is 0 Å². The molecule has 2 unspecified atom stereocenters. The van der Waals surface area contributed by atoms with Crippen molar-refractivity contribution in [1.82, 2.24) is 0 Å². The Hall–Kier alpha value is -1.62. The molecule has 0 amide bonds. The Kier molecular flexibility index (Phi) is 4.44. The lowest BCUT2D eigenvalue weighted by Gasteiger charge is -2.19. The smallest absolute Gasteiger partial charge is 0.350 e. The summed E-state index contributed by atoms with van der Waals surface area (Å²) in [6.45, 7) is -2.21. The van der Waals surface area contributed by atoms with Crippen molar-refractivity contribution in [3.63, 3.8) is 0 Å². The number of aliphatic carboxylic acids is 2. The van der Waals surface area contributed by atoms with Crippen LogP contribution in [0, 0.1) is 0 Å². The third-order valence-corrected chi connectivity index (χ3v) is 1.63. The largest absolute Gasteiger partial charge is 0.478 e. The van der Waals surface area contributed by atoms with Crippen molar-refractivity contribution in [3.05, 3.63) is 0 Å². The van der Waals surface area contributed by atoms with E-state index in [0.29, 0.717) is 0 Å². The van der Waals surface area contributed by atoms with E-state index in [2.05, 4.69) is 10.2 Å². The number of hydrogen-bond donors (Lipinski definition) is 6. The molecule has 0 aromatic rings. The van der Waals surface area contributed by atoms with Gasteiger partial charge in [0.05, 0.1) is 13.2 Å². The number of aliphatic hydroxyl groups is 2. The zero-order valence-corrected chi connectivity index (χ0v) is 8.07.